The van der Waals surface area contributed by atoms with Crippen LogP contribution in [0, 0.1) is 0 Å². The smallest absolute Gasteiger partial charge is 0.267 e. The lowest BCUT2D eigenvalue weighted by Crippen LogP contribution is -2.45. The van der Waals surface area contributed by atoms with Gasteiger partial charge in [-0.15, -0.1) is 5.10 Å². The number of aromatic nitrogens is 4. The van der Waals surface area contributed by atoms with Gasteiger partial charge in [0.25, 0.3) is 5.16 Å². The largest absolute Gasteiger partial charge is 0.380 e. The van der Waals surface area contributed by atoms with Crippen molar-refractivity contribution in [2.45, 2.75) is 49.1 Å². The molecule has 0 bridgehead atoms. The van der Waals surface area contributed by atoms with Gasteiger partial charge in [-0.3, -0.25) is 0 Å². The summed E-state index contributed by atoms with van der Waals surface area (Å²) in [4.78, 5) is 8.17. The molecule has 45 heavy (non-hydrogen) atoms. The molecule has 0 aliphatic carbocycles. The average Bonchev–Trinajstić information content (AvgIpc) is 3.60. The van der Waals surface area contributed by atoms with Crippen molar-refractivity contribution in [2.24, 2.45) is 0 Å². The molecule has 3 aromatic carbocycles. The summed E-state index contributed by atoms with van der Waals surface area (Å²) in [5.74, 6) is -2.40. The van der Waals surface area contributed by atoms with Crippen molar-refractivity contribution < 1.29 is 32.5 Å². The van der Waals surface area contributed by atoms with Crippen LogP contribution < -0.4 is 5.73 Å². The Labute approximate surface area is 260 Å². The molecular weight excluding hydrogens is 598 g/mol. The van der Waals surface area contributed by atoms with Crippen LogP contribution in [0.1, 0.15) is 22.4 Å². The Morgan fingerprint density at radius 3 is 2.02 bits per heavy atom. The maximum Gasteiger partial charge on any atom is 0.267 e. The third-order valence-corrected chi connectivity index (χ3v) is 8.24. The SMILES string of the molecule is CS(=O)(=O)c1nc(N)c2ncc(C3(O)O[C@H](COCc4ccccc4)[C@@H](OCc4ccccc4)[C@H]3OCc3ccccc3)n2n1. The lowest BCUT2D eigenvalue weighted by molar-refractivity contribution is -0.256. The molecule has 1 aliphatic heterocycles. The molecule has 1 fully saturated rings. The molecule has 0 spiro atoms. The van der Waals surface area contributed by atoms with Gasteiger partial charge in [-0.25, -0.2) is 17.9 Å². The Hall–Kier alpha value is -4.24. The molecule has 3 heterocycles. The van der Waals surface area contributed by atoms with Crippen LogP contribution in [0.5, 0.6) is 0 Å². The van der Waals surface area contributed by atoms with Gasteiger partial charge >= 0.3 is 0 Å². The van der Waals surface area contributed by atoms with E-state index >= 15 is 0 Å². The molecule has 13 heteroatoms. The fourth-order valence-electron chi connectivity index (χ4n) is 5.20. The van der Waals surface area contributed by atoms with Gasteiger partial charge in [-0.1, -0.05) is 91.0 Å². The summed E-state index contributed by atoms with van der Waals surface area (Å²) in [5, 5.41) is 16.1. The summed E-state index contributed by atoms with van der Waals surface area (Å²) in [5.41, 5.74) is 8.84. The van der Waals surface area contributed by atoms with Gasteiger partial charge in [-0.05, 0) is 16.7 Å². The van der Waals surface area contributed by atoms with Crippen LogP contribution >= 0.6 is 0 Å². The molecule has 3 N–H and O–H groups in total. The van der Waals surface area contributed by atoms with Crippen LogP contribution in [0.3, 0.4) is 0 Å². The van der Waals surface area contributed by atoms with Crippen molar-refractivity contribution in [1.29, 1.82) is 0 Å². The lowest BCUT2D eigenvalue weighted by atomic mass is 10.0. The van der Waals surface area contributed by atoms with E-state index in [1.54, 1.807) is 0 Å². The van der Waals surface area contributed by atoms with Crippen LogP contribution in [0.2, 0.25) is 0 Å². The van der Waals surface area contributed by atoms with Gasteiger partial charge in [0.05, 0.1) is 32.6 Å². The van der Waals surface area contributed by atoms with E-state index in [1.807, 2.05) is 91.0 Å². The van der Waals surface area contributed by atoms with Crippen LogP contribution in [0.15, 0.2) is 102 Å². The Morgan fingerprint density at radius 2 is 1.44 bits per heavy atom. The van der Waals surface area contributed by atoms with Crippen LogP contribution in [-0.2, 0) is 54.4 Å². The zero-order valence-electron chi connectivity index (χ0n) is 24.5. The first-order valence-corrected chi connectivity index (χ1v) is 16.2. The van der Waals surface area contributed by atoms with Gasteiger partial charge in [0.1, 0.15) is 24.0 Å². The molecule has 5 aromatic rings. The molecule has 0 radical (unpaired) electrons. The second-order valence-electron chi connectivity index (χ2n) is 10.8. The summed E-state index contributed by atoms with van der Waals surface area (Å²) < 4.78 is 51.2. The van der Waals surface area contributed by atoms with E-state index in [1.165, 1.54) is 6.20 Å². The third kappa shape index (κ3) is 6.73. The summed E-state index contributed by atoms with van der Waals surface area (Å²) in [6, 6.07) is 28.7. The molecule has 0 amide bonds. The molecule has 4 atom stereocenters. The number of hydrogen-bond acceptors (Lipinski definition) is 11. The number of sulfone groups is 1. The molecule has 6 rings (SSSR count). The predicted molar refractivity (Wildman–Crippen MR) is 163 cm³/mol. The molecule has 0 saturated carbocycles. The van der Waals surface area contributed by atoms with Crippen LogP contribution in [-0.4, -0.2) is 64.3 Å². The number of rotatable bonds is 12. The molecule has 2 aromatic heterocycles. The highest BCUT2D eigenvalue weighted by molar-refractivity contribution is 7.90. The van der Waals surface area contributed by atoms with E-state index in [-0.39, 0.29) is 37.0 Å². The van der Waals surface area contributed by atoms with E-state index in [0.717, 1.165) is 27.5 Å². The monoisotopic (exact) mass is 631 g/mol. The minimum atomic E-state index is -3.86. The number of fused-ring (bicyclic) bond motifs is 1. The molecular formula is C32H33N5O7S. The third-order valence-electron chi connectivity index (χ3n) is 7.40. The van der Waals surface area contributed by atoms with E-state index in [9.17, 15) is 13.5 Å². The van der Waals surface area contributed by atoms with Crippen molar-refractivity contribution >= 4 is 21.3 Å². The number of imidazole rings is 1. The number of nitrogen functional groups attached to an aromatic ring is 1. The van der Waals surface area contributed by atoms with E-state index in [0.29, 0.717) is 6.61 Å². The highest BCUT2D eigenvalue weighted by Crippen LogP contribution is 2.42. The topological polar surface area (TPSA) is 160 Å². The Kier molecular flexibility index (Phi) is 8.90. The molecule has 1 aliphatic rings. The summed E-state index contributed by atoms with van der Waals surface area (Å²) in [6.07, 6.45) is -0.516. The second kappa shape index (κ2) is 13.0. The maximum absolute atomic E-state index is 12.4. The first-order valence-electron chi connectivity index (χ1n) is 14.3. The van der Waals surface area contributed by atoms with Crippen molar-refractivity contribution in [3.8, 4) is 0 Å². The fourth-order valence-corrected chi connectivity index (χ4v) is 5.69. The summed E-state index contributed by atoms with van der Waals surface area (Å²) in [6.45, 7) is 0.662. The van der Waals surface area contributed by atoms with Gasteiger partial charge in [0.15, 0.2) is 11.5 Å². The fraction of sp³-hybridized carbons (Fsp3) is 0.281. The van der Waals surface area contributed by atoms with Gasteiger partial charge in [0, 0.05) is 6.26 Å². The molecule has 1 unspecified atom stereocenters. The second-order valence-corrected chi connectivity index (χ2v) is 12.7. The van der Waals surface area contributed by atoms with Gasteiger partial charge < -0.3 is 29.8 Å². The Balaban J connectivity index is 1.39. The van der Waals surface area contributed by atoms with Gasteiger partial charge in [0.2, 0.25) is 15.6 Å². The maximum atomic E-state index is 12.4. The van der Waals surface area contributed by atoms with Crippen molar-refractivity contribution in [1.82, 2.24) is 19.6 Å². The number of benzene rings is 3. The van der Waals surface area contributed by atoms with E-state index in [4.69, 9.17) is 24.7 Å². The number of ether oxygens (including phenoxy) is 4. The first-order chi connectivity index (χ1) is 21.7. The predicted octanol–water partition coefficient (Wildman–Crippen LogP) is 3.04. The number of nitrogens with two attached hydrogens (primary N) is 1. The van der Waals surface area contributed by atoms with Crippen molar-refractivity contribution in [3.05, 3.63) is 120 Å². The highest BCUT2D eigenvalue weighted by atomic mass is 32.2. The first kappa shape index (κ1) is 30.8. The van der Waals surface area contributed by atoms with Crippen molar-refractivity contribution in [2.75, 3.05) is 18.6 Å². The summed E-state index contributed by atoms with van der Waals surface area (Å²) in [7, 11) is -3.86. The standard InChI is InChI=1S/C32H33N5O7S/c1-45(39,40)31-35-29(33)30-34-17-26(37(30)36-31)32(38)28(43-20-24-15-9-4-10-16-24)27(42-19-23-13-7-3-8-14-23)25(44-32)21-41-18-22-11-5-2-6-12-22/h2-17,25,27-28,38H,18-21H2,1H3,(H2,33,35,36)/t25-,27-,28-,32?/m1/s1. The number of nitrogens with zero attached hydrogens (tertiary/aromatic N) is 4. The quantitative estimate of drug-likeness (QED) is 0.208. The highest BCUT2D eigenvalue weighted by Gasteiger charge is 2.59. The molecule has 234 valence electrons. The normalized spacial score (nSPS) is 21.8. The molecule has 1 saturated heterocycles. The number of anilines is 1. The van der Waals surface area contributed by atoms with E-state index < -0.39 is 39.1 Å². The Morgan fingerprint density at radius 1 is 0.889 bits per heavy atom. The zero-order chi connectivity index (χ0) is 31.4. The molecule has 12 nitrogen and oxygen atoms in total. The lowest BCUT2D eigenvalue weighted by Gasteiger charge is -2.30. The Bertz CT molecular complexity index is 1840. The van der Waals surface area contributed by atoms with E-state index in [2.05, 4.69) is 15.1 Å². The number of hydrogen-bond donors (Lipinski definition) is 2. The minimum absolute atomic E-state index is 0.00608. The van der Waals surface area contributed by atoms with Crippen molar-refractivity contribution in [3.63, 3.8) is 0 Å². The number of aliphatic hydroxyl groups is 1. The summed E-state index contributed by atoms with van der Waals surface area (Å²) >= 11 is 0. The van der Waals surface area contributed by atoms with Crippen LogP contribution in [0.4, 0.5) is 5.82 Å². The van der Waals surface area contributed by atoms with Crippen LogP contribution in [0.25, 0.3) is 5.65 Å². The average molecular weight is 632 g/mol. The minimum Gasteiger partial charge on any atom is -0.380 e. The zero-order valence-corrected chi connectivity index (χ0v) is 25.3. The van der Waals surface area contributed by atoms with Gasteiger partial charge in [-0.2, -0.15) is 4.98 Å².